The molecule has 0 radical (unpaired) electrons. The van der Waals surface area contributed by atoms with Crippen molar-refractivity contribution in [1.82, 2.24) is 19.5 Å². The maximum absolute atomic E-state index is 11.2. The molecule has 13 nitrogen and oxygen atoms in total. The summed E-state index contributed by atoms with van der Waals surface area (Å²) in [4.78, 5) is 29.6. The molecule has 1 saturated heterocycles. The summed E-state index contributed by atoms with van der Waals surface area (Å²) in [6.45, 7) is -0.742. The maximum atomic E-state index is 11.2. The number of hydrogen-bond acceptors (Lipinski definition) is 10. The largest absolute Gasteiger partial charge is 0.472 e. The van der Waals surface area contributed by atoms with Crippen LogP contribution >= 0.6 is 7.82 Å². The third-order valence-electron chi connectivity index (χ3n) is 3.52. The Labute approximate surface area is 133 Å². The summed E-state index contributed by atoms with van der Waals surface area (Å²) in [7, 11) is -5.23. The Bertz CT molecular complexity index is 810. The van der Waals surface area contributed by atoms with E-state index in [0.29, 0.717) is 0 Å². The number of nitrogen functional groups attached to an aromatic ring is 1. The van der Waals surface area contributed by atoms with Crippen LogP contribution in [0.15, 0.2) is 12.7 Å². The Morgan fingerprint density at radius 1 is 1.42 bits per heavy atom. The summed E-state index contributed by atoms with van der Waals surface area (Å²) in [6.07, 6.45) is -2.79. The number of nitrogens with two attached hydrogens (primary N) is 1. The average molecular weight is 363 g/mol. The number of anilines is 1. The number of hydrogen-bond donors (Lipinski definition) is 6. The number of phosphoric acid groups is 1. The van der Waals surface area contributed by atoms with Gasteiger partial charge in [0.05, 0.1) is 12.9 Å². The summed E-state index contributed by atoms with van der Waals surface area (Å²) >= 11 is 0. The number of rotatable bonds is 4. The third kappa shape index (κ3) is 2.66. The Balaban J connectivity index is 2.12. The van der Waals surface area contributed by atoms with Crippen LogP contribution in [-0.4, -0.2) is 69.2 Å². The first kappa shape index (κ1) is 17.1. The molecule has 0 saturated carbocycles. The fourth-order valence-electron chi connectivity index (χ4n) is 2.49. The fraction of sp³-hybridized carbons (Fsp3) is 0.500. The van der Waals surface area contributed by atoms with Crippen molar-refractivity contribution in [3.63, 3.8) is 0 Å². The molecule has 4 atom stereocenters. The van der Waals surface area contributed by atoms with Gasteiger partial charge in [-0.25, -0.2) is 24.0 Å². The molecule has 3 heterocycles. The van der Waals surface area contributed by atoms with E-state index in [2.05, 4.69) is 19.5 Å². The minimum atomic E-state index is -5.23. The number of aliphatic hydroxyl groups excluding tert-OH is 2. The highest BCUT2D eigenvalue weighted by atomic mass is 31.2. The van der Waals surface area contributed by atoms with Gasteiger partial charge < -0.3 is 35.6 Å². The lowest BCUT2D eigenvalue weighted by atomic mass is 10.1. The molecule has 2 aromatic heterocycles. The Kier molecular flexibility index (Phi) is 4.06. The van der Waals surface area contributed by atoms with Gasteiger partial charge in [0.25, 0.3) is 5.79 Å². The van der Waals surface area contributed by atoms with E-state index in [1.807, 2.05) is 0 Å². The smallest absolute Gasteiger partial charge is 0.394 e. The van der Waals surface area contributed by atoms with Crippen LogP contribution in [0.4, 0.5) is 5.82 Å². The summed E-state index contributed by atoms with van der Waals surface area (Å²) in [5.41, 5.74) is 5.84. The Morgan fingerprint density at radius 2 is 2.12 bits per heavy atom. The number of fused-ring (bicyclic) bond motifs is 1. The molecule has 7 N–H and O–H groups in total. The summed E-state index contributed by atoms with van der Waals surface area (Å²) in [5, 5.41) is 29.8. The van der Waals surface area contributed by atoms with Crippen LogP contribution in [0.3, 0.4) is 0 Å². The van der Waals surface area contributed by atoms with Gasteiger partial charge in [0.15, 0.2) is 17.7 Å². The quantitative estimate of drug-likeness (QED) is 0.245. The molecule has 0 aliphatic carbocycles. The van der Waals surface area contributed by atoms with E-state index in [4.69, 9.17) is 20.3 Å². The van der Waals surface area contributed by atoms with Crippen LogP contribution in [0.25, 0.3) is 11.2 Å². The first-order valence-electron chi connectivity index (χ1n) is 6.53. The lowest BCUT2D eigenvalue weighted by Gasteiger charge is -2.31. The van der Waals surface area contributed by atoms with Crippen molar-refractivity contribution < 1.29 is 38.9 Å². The lowest BCUT2D eigenvalue weighted by molar-refractivity contribution is -0.236. The first-order chi connectivity index (χ1) is 11.2. The number of ether oxygens (including phenoxy) is 1. The second-order valence-electron chi connectivity index (χ2n) is 5.07. The van der Waals surface area contributed by atoms with Gasteiger partial charge in [-0.2, -0.15) is 0 Å². The molecule has 24 heavy (non-hydrogen) atoms. The zero-order chi connectivity index (χ0) is 17.7. The monoisotopic (exact) mass is 363 g/mol. The number of aromatic nitrogens is 4. The van der Waals surface area contributed by atoms with Crippen LogP contribution in [0.5, 0.6) is 0 Å². The molecule has 132 valence electrons. The molecule has 14 heteroatoms. The molecule has 0 aromatic carbocycles. The summed E-state index contributed by atoms with van der Waals surface area (Å²) in [5.74, 6) is -2.85. The Morgan fingerprint density at radius 3 is 2.75 bits per heavy atom. The summed E-state index contributed by atoms with van der Waals surface area (Å²) < 4.78 is 21.9. The van der Waals surface area contributed by atoms with E-state index < -0.39 is 38.7 Å². The number of nitrogens with zero attached hydrogens (tertiary/aromatic N) is 4. The minimum Gasteiger partial charge on any atom is -0.394 e. The lowest BCUT2D eigenvalue weighted by Crippen LogP contribution is -2.48. The molecule has 1 aliphatic heterocycles. The summed E-state index contributed by atoms with van der Waals surface area (Å²) in [6, 6.07) is 0. The zero-order valence-electron chi connectivity index (χ0n) is 11.9. The van der Waals surface area contributed by atoms with Crippen LogP contribution < -0.4 is 5.73 Å². The normalized spacial score (nSPS) is 31.0. The van der Waals surface area contributed by atoms with Crippen molar-refractivity contribution in [3.8, 4) is 0 Å². The first-order valence-corrected chi connectivity index (χ1v) is 8.06. The van der Waals surface area contributed by atoms with E-state index in [0.717, 1.165) is 17.2 Å². The average Bonchev–Trinajstić information content (AvgIpc) is 2.99. The van der Waals surface area contributed by atoms with Gasteiger partial charge in [-0.3, -0.25) is 4.57 Å². The highest BCUT2D eigenvalue weighted by Crippen LogP contribution is 2.50. The number of phosphoric ester groups is 1. The highest BCUT2D eigenvalue weighted by molar-refractivity contribution is 7.46. The van der Waals surface area contributed by atoms with Crippen LogP contribution in [0.2, 0.25) is 0 Å². The molecule has 0 bridgehead atoms. The van der Waals surface area contributed by atoms with Crippen molar-refractivity contribution in [2.45, 2.75) is 24.2 Å². The fourth-order valence-corrected chi connectivity index (χ4v) is 3.07. The molecule has 2 aromatic rings. The van der Waals surface area contributed by atoms with Gasteiger partial charge in [-0.1, -0.05) is 0 Å². The molecular weight excluding hydrogens is 349 g/mol. The number of aliphatic hydroxyl groups is 3. The van der Waals surface area contributed by atoms with E-state index in [9.17, 15) is 19.9 Å². The standard InChI is InChI=1S/C10H14N5O8P/c11-7-5-8(13-2-12-7)15(3-14-5)9-10(18,23-24(19,20)21)6(17)4(1-16)22-9/h2-4,6,9,16-18H,1H2,(H2,11,12,13)(H2,19,20,21)/t4-,6-,9-,10-/m1/s1. The molecule has 1 aliphatic rings. The molecule has 0 spiro atoms. The van der Waals surface area contributed by atoms with Crippen molar-refractivity contribution in [3.05, 3.63) is 12.7 Å². The van der Waals surface area contributed by atoms with Gasteiger partial charge in [0, 0.05) is 0 Å². The van der Waals surface area contributed by atoms with Crippen molar-refractivity contribution in [2.75, 3.05) is 12.3 Å². The maximum Gasteiger partial charge on any atom is 0.472 e. The zero-order valence-corrected chi connectivity index (χ0v) is 12.8. The topological polar surface area (TPSA) is 206 Å². The third-order valence-corrected chi connectivity index (χ3v) is 4.05. The number of imidazole rings is 1. The van der Waals surface area contributed by atoms with E-state index in [1.165, 1.54) is 0 Å². The van der Waals surface area contributed by atoms with E-state index in [1.54, 1.807) is 0 Å². The van der Waals surface area contributed by atoms with Crippen molar-refractivity contribution >= 4 is 24.8 Å². The second-order valence-corrected chi connectivity index (χ2v) is 6.23. The molecule has 0 unspecified atom stereocenters. The van der Waals surface area contributed by atoms with Crippen LogP contribution in [-0.2, 0) is 13.8 Å². The van der Waals surface area contributed by atoms with Gasteiger partial charge in [-0.05, 0) is 0 Å². The van der Waals surface area contributed by atoms with Gasteiger partial charge in [0.1, 0.15) is 24.1 Å². The second kappa shape index (κ2) is 5.68. The SMILES string of the molecule is Nc1ncnc2c1ncn2[C@@H]1O[C@H](CO)[C@@H](O)[C@@]1(O)OP(=O)(O)O. The molecule has 1 fully saturated rings. The van der Waals surface area contributed by atoms with E-state index >= 15 is 0 Å². The molecular formula is C10H14N5O8P. The molecule has 3 rings (SSSR count). The van der Waals surface area contributed by atoms with Gasteiger partial charge in [0.2, 0.25) is 0 Å². The van der Waals surface area contributed by atoms with Crippen LogP contribution in [0.1, 0.15) is 6.23 Å². The van der Waals surface area contributed by atoms with Crippen LogP contribution in [0, 0.1) is 0 Å². The molecule has 0 amide bonds. The highest BCUT2D eigenvalue weighted by Gasteiger charge is 2.60. The van der Waals surface area contributed by atoms with Crippen molar-refractivity contribution in [2.24, 2.45) is 0 Å². The predicted octanol–water partition coefficient (Wildman–Crippen LogP) is -2.54. The minimum absolute atomic E-state index is 0.0236. The van der Waals surface area contributed by atoms with Gasteiger partial charge in [-0.15, -0.1) is 0 Å². The Hall–Kier alpha value is -1.70. The van der Waals surface area contributed by atoms with Gasteiger partial charge >= 0.3 is 7.82 Å². The van der Waals surface area contributed by atoms with E-state index in [-0.39, 0.29) is 17.0 Å². The van der Waals surface area contributed by atoms with Crippen molar-refractivity contribution in [1.29, 1.82) is 0 Å². The predicted molar refractivity (Wildman–Crippen MR) is 74.8 cm³/mol.